The van der Waals surface area contributed by atoms with E-state index in [0.29, 0.717) is 6.42 Å². The number of carbonyl (C=O) groups excluding carboxylic acids is 1. The van der Waals surface area contributed by atoms with Gasteiger partial charge in [-0.1, -0.05) is 13.8 Å². The summed E-state index contributed by atoms with van der Waals surface area (Å²) in [6.07, 6.45) is 6.47. The van der Waals surface area contributed by atoms with Crippen molar-refractivity contribution in [2.45, 2.75) is 58.5 Å². The predicted molar refractivity (Wildman–Crippen MR) is 57.0 cm³/mol. The van der Waals surface area contributed by atoms with Crippen molar-refractivity contribution in [3.63, 3.8) is 0 Å². The maximum atomic E-state index is 11.1. The van der Waals surface area contributed by atoms with Crippen LogP contribution >= 0.6 is 0 Å². The third-order valence-corrected chi connectivity index (χ3v) is 3.05. The van der Waals surface area contributed by atoms with E-state index in [2.05, 4.69) is 13.8 Å². The second-order valence-corrected chi connectivity index (χ2v) is 4.16. The van der Waals surface area contributed by atoms with Gasteiger partial charge in [0.2, 0.25) is 0 Å². The van der Waals surface area contributed by atoms with E-state index in [4.69, 9.17) is 4.74 Å². The molecule has 0 fully saturated rings. The normalized spacial score (nSPS) is 26.6. The second-order valence-electron chi connectivity index (χ2n) is 4.16. The van der Waals surface area contributed by atoms with E-state index in [1.165, 1.54) is 5.57 Å². The summed E-state index contributed by atoms with van der Waals surface area (Å²) in [6.45, 7) is 5.87. The maximum Gasteiger partial charge on any atom is 0.133 e. The molecule has 0 aromatic carbocycles. The summed E-state index contributed by atoms with van der Waals surface area (Å²) in [7, 11) is 0. The molecular formula is C12H20O2. The summed E-state index contributed by atoms with van der Waals surface area (Å²) in [5, 5.41) is 0. The third-order valence-electron chi connectivity index (χ3n) is 3.05. The van der Waals surface area contributed by atoms with E-state index in [0.717, 1.165) is 25.7 Å². The van der Waals surface area contributed by atoms with Crippen LogP contribution in [0.5, 0.6) is 0 Å². The molecular weight excluding hydrogens is 176 g/mol. The largest absolute Gasteiger partial charge is 0.494 e. The summed E-state index contributed by atoms with van der Waals surface area (Å²) in [5.41, 5.74) is 1.16. The van der Waals surface area contributed by atoms with Gasteiger partial charge in [-0.3, -0.25) is 4.79 Å². The van der Waals surface area contributed by atoms with Crippen LogP contribution in [0.25, 0.3) is 0 Å². The summed E-state index contributed by atoms with van der Waals surface area (Å²) in [5.74, 6) is 0.222. The van der Waals surface area contributed by atoms with Crippen molar-refractivity contribution < 1.29 is 9.53 Å². The van der Waals surface area contributed by atoms with Crippen LogP contribution in [0.2, 0.25) is 0 Å². The Balaban J connectivity index is 2.65. The minimum absolute atomic E-state index is 0.204. The molecule has 2 heteroatoms. The second kappa shape index (κ2) is 4.63. The Morgan fingerprint density at radius 2 is 2.29 bits per heavy atom. The number of hydrogen-bond acceptors (Lipinski definition) is 2. The van der Waals surface area contributed by atoms with Crippen molar-refractivity contribution in [3.8, 4) is 0 Å². The van der Waals surface area contributed by atoms with E-state index in [-0.39, 0.29) is 11.4 Å². The molecule has 1 rings (SSSR count). The van der Waals surface area contributed by atoms with Crippen LogP contribution in [-0.4, -0.2) is 11.4 Å². The van der Waals surface area contributed by atoms with Crippen LogP contribution in [0.3, 0.4) is 0 Å². The van der Waals surface area contributed by atoms with Crippen LogP contribution in [0.1, 0.15) is 52.9 Å². The number of ketones is 1. The lowest BCUT2D eigenvalue weighted by molar-refractivity contribution is -0.123. The molecule has 0 amide bonds. The minimum atomic E-state index is -0.204. The summed E-state index contributed by atoms with van der Waals surface area (Å²) in [6, 6.07) is 0. The highest BCUT2D eigenvalue weighted by Gasteiger charge is 2.33. The van der Waals surface area contributed by atoms with Gasteiger partial charge in [-0.05, 0) is 38.2 Å². The fourth-order valence-corrected chi connectivity index (χ4v) is 1.94. The molecule has 1 heterocycles. The average Bonchev–Trinajstić information content (AvgIpc) is 2.18. The zero-order chi connectivity index (χ0) is 10.6. The van der Waals surface area contributed by atoms with Gasteiger partial charge in [-0.2, -0.15) is 0 Å². The van der Waals surface area contributed by atoms with Gasteiger partial charge in [0.25, 0.3) is 0 Å². The quantitative estimate of drug-likeness (QED) is 0.690. The molecule has 0 aromatic heterocycles. The third kappa shape index (κ3) is 2.60. The predicted octanol–water partition coefficient (Wildman–Crippen LogP) is 3.22. The van der Waals surface area contributed by atoms with Crippen molar-refractivity contribution in [1.82, 2.24) is 0 Å². The first-order valence-corrected chi connectivity index (χ1v) is 5.47. The molecule has 2 nitrogen and oxygen atoms in total. The molecule has 1 aliphatic rings. The van der Waals surface area contributed by atoms with E-state index in [9.17, 15) is 4.79 Å². The van der Waals surface area contributed by atoms with Gasteiger partial charge in [0, 0.05) is 6.42 Å². The Kier molecular flexibility index (Phi) is 3.73. The molecule has 0 saturated carbocycles. The molecule has 0 aliphatic carbocycles. The molecule has 0 spiro atoms. The van der Waals surface area contributed by atoms with Crippen LogP contribution < -0.4 is 0 Å². The molecule has 80 valence electrons. The summed E-state index contributed by atoms with van der Waals surface area (Å²) >= 11 is 0. The van der Waals surface area contributed by atoms with Gasteiger partial charge in [0.05, 0.1) is 6.26 Å². The topological polar surface area (TPSA) is 26.3 Å². The van der Waals surface area contributed by atoms with Crippen LogP contribution in [-0.2, 0) is 9.53 Å². The molecule has 0 aromatic rings. The van der Waals surface area contributed by atoms with E-state index >= 15 is 0 Å². The molecule has 14 heavy (non-hydrogen) atoms. The molecule has 0 radical (unpaired) electrons. The van der Waals surface area contributed by atoms with E-state index in [1.54, 1.807) is 6.92 Å². The van der Waals surface area contributed by atoms with Crippen LogP contribution in [0.4, 0.5) is 0 Å². The van der Waals surface area contributed by atoms with Gasteiger partial charge in [-0.15, -0.1) is 0 Å². The fourth-order valence-electron chi connectivity index (χ4n) is 1.94. The molecule has 1 aliphatic heterocycles. The Bertz CT molecular complexity index is 243. The van der Waals surface area contributed by atoms with Crippen molar-refractivity contribution in [2.75, 3.05) is 0 Å². The molecule has 1 atom stereocenters. The van der Waals surface area contributed by atoms with Crippen molar-refractivity contribution >= 4 is 5.78 Å². The van der Waals surface area contributed by atoms with Crippen molar-refractivity contribution in [2.24, 2.45) is 0 Å². The first-order valence-electron chi connectivity index (χ1n) is 5.47. The monoisotopic (exact) mass is 196 g/mol. The van der Waals surface area contributed by atoms with E-state index in [1.807, 2.05) is 6.26 Å². The molecule has 0 bridgehead atoms. The summed E-state index contributed by atoms with van der Waals surface area (Å²) in [4.78, 5) is 11.1. The zero-order valence-electron chi connectivity index (χ0n) is 9.43. The van der Waals surface area contributed by atoms with Crippen molar-refractivity contribution in [1.29, 1.82) is 0 Å². The maximum absolute atomic E-state index is 11.1. The lowest BCUT2D eigenvalue weighted by Crippen LogP contribution is -2.34. The Morgan fingerprint density at radius 3 is 2.64 bits per heavy atom. The first kappa shape index (κ1) is 11.3. The standard InChI is InChI=1S/C12H20O2/c1-4-11-6-7-12(5-2,14-9-11)8-10(3)13/h9H,4-8H2,1-3H3. The van der Waals surface area contributed by atoms with E-state index < -0.39 is 0 Å². The number of allylic oxidation sites excluding steroid dienone is 1. The smallest absolute Gasteiger partial charge is 0.133 e. The van der Waals surface area contributed by atoms with Crippen molar-refractivity contribution in [3.05, 3.63) is 11.8 Å². The molecule has 1 unspecified atom stereocenters. The van der Waals surface area contributed by atoms with Gasteiger partial charge in [0.1, 0.15) is 11.4 Å². The Hall–Kier alpha value is -0.790. The molecule has 0 saturated heterocycles. The highest BCUT2D eigenvalue weighted by atomic mass is 16.5. The number of rotatable bonds is 4. The zero-order valence-corrected chi connectivity index (χ0v) is 9.43. The molecule has 0 N–H and O–H groups in total. The average molecular weight is 196 g/mol. The van der Waals surface area contributed by atoms with Crippen LogP contribution in [0, 0.1) is 0 Å². The van der Waals surface area contributed by atoms with Crippen LogP contribution in [0.15, 0.2) is 11.8 Å². The highest BCUT2D eigenvalue weighted by Crippen LogP contribution is 2.34. The number of carbonyl (C=O) groups is 1. The number of ether oxygens (including phenoxy) is 1. The van der Waals surface area contributed by atoms with Gasteiger partial charge in [0.15, 0.2) is 0 Å². The van der Waals surface area contributed by atoms with Gasteiger partial charge >= 0.3 is 0 Å². The lowest BCUT2D eigenvalue weighted by Gasteiger charge is -2.35. The SMILES string of the molecule is CCC1=COC(CC)(CC(C)=O)CC1. The minimum Gasteiger partial charge on any atom is -0.494 e. The number of Topliss-reactive ketones (excluding diaryl/α,β-unsaturated/α-hetero) is 1. The lowest BCUT2D eigenvalue weighted by atomic mass is 9.85. The highest BCUT2D eigenvalue weighted by molar-refractivity contribution is 5.76. The number of hydrogen-bond donors (Lipinski definition) is 0. The fraction of sp³-hybridized carbons (Fsp3) is 0.750. The Morgan fingerprint density at radius 1 is 1.57 bits per heavy atom. The first-order chi connectivity index (χ1) is 6.62. The van der Waals surface area contributed by atoms with Gasteiger partial charge in [-0.25, -0.2) is 0 Å². The van der Waals surface area contributed by atoms with Gasteiger partial charge < -0.3 is 4.74 Å². The Labute approximate surface area is 86.3 Å². The summed E-state index contributed by atoms with van der Waals surface area (Å²) < 4.78 is 5.75.